The van der Waals surface area contributed by atoms with E-state index in [1.165, 1.54) is 19.1 Å². The van der Waals surface area contributed by atoms with Crippen LogP contribution in [0.3, 0.4) is 0 Å². The lowest BCUT2D eigenvalue weighted by molar-refractivity contribution is -0.524. The van der Waals surface area contributed by atoms with Crippen LogP contribution in [0.5, 0.6) is 0 Å². The van der Waals surface area contributed by atoms with Gasteiger partial charge >= 0.3 is 0 Å². The van der Waals surface area contributed by atoms with E-state index >= 15 is 0 Å². The SMILES string of the molecule is CC(c1ccc(C(=O)[O-])cc1NC(=O)CCc1ccc(Cl)cc1Cl)[N+](=O)[O-]. The van der Waals surface area contributed by atoms with E-state index in [2.05, 4.69) is 5.32 Å². The number of carboxylic acids is 1. The van der Waals surface area contributed by atoms with Crippen molar-refractivity contribution in [1.82, 2.24) is 0 Å². The highest BCUT2D eigenvalue weighted by molar-refractivity contribution is 6.35. The normalized spacial score (nSPS) is 11.7. The van der Waals surface area contributed by atoms with Crippen molar-refractivity contribution in [3.8, 4) is 0 Å². The van der Waals surface area contributed by atoms with Crippen molar-refractivity contribution in [2.24, 2.45) is 0 Å². The van der Waals surface area contributed by atoms with Gasteiger partial charge in [-0.25, -0.2) is 0 Å². The second-order valence-corrected chi connectivity index (χ2v) is 6.68. The van der Waals surface area contributed by atoms with Gasteiger partial charge in [0, 0.05) is 33.9 Å². The van der Waals surface area contributed by atoms with Crippen molar-refractivity contribution in [3.63, 3.8) is 0 Å². The Morgan fingerprint density at radius 1 is 1.19 bits per heavy atom. The molecule has 1 atom stereocenters. The molecule has 1 amide bonds. The quantitative estimate of drug-likeness (QED) is 0.556. The molecule has 0 saturated carbocycles. The molecule has 1 N–H and O–H groups in total. The lowest BCUT2D eigenvalue weighted by atomic mass is 10.0. The minimum Gasteiger partial charge on any atom is -0.545 e. The largest absolute Gasteiger partial charge is 0.545 e. The topological polar surface area (TPSA) is 112 Å². The lowest BCUT2D eigenvalue weighted by Gasteiger charge is -2.15. The molecule has 27 heavy (non-hydrogen) atoms. The summed E-state index contributed by atoms with van der Waals surface area (Å²) < 4.78 is 0. The first kappa shape index (κ1) is 20.7. The van der Waals surface area contributed by atoms with Gasteiger partial charge in [0.2, 0.25) is 11.9 Å². The van der Waals surface area contributed by atoms with Crippen LogP contribution in [0, 0.1) is 10.1 Å². The zero-order valence-corrected chi connectivity index (χ0v) is 15.7. The predicted molar refractivity (Wildman–Crippen MR) is 99.6 cm³/mol. The first-order valence-electron chi connectivity index (χ1n) is 7.91. The number of nitro groups is 1. The number of aromatic carboxylic acids is 1. The van der Waals surface area contributed by atoms with Gasteiger partial charge in [-0.15, -0.1) is 0 Å². The van der Waals surface area contributed by atoms with Crippen molar-refractivity contribution in [2.75, 3.05) is 5.32 Å². The first-order valence-corrected chi connectivity index (χ1v) is 8.67. The number of benzene rings is 2. The van der Waals surface area contributed by atoms with Gasteiger partial charge in [-0.3, -0.25) is 14.9 Å². The predicted octanol–water partition coefficient (Wildman–Crippen LogP) is 3.27. The molecule has 0 heterocycles. The minimum absolute atomic E-state index is 0.0448. The standard InChI is InChI=1S/C18H16Cl2N2O5/c1-10(22(26)27)14-6-3-12(18(24)25)8-16(14)21-17(23)7-4-11-2-5-13(19)9-15(11)20/h2-3,5-6,8-10H,4,7H2,1H3,(H,21,23)(H,24,25)/p-1. The van der Waals surface area contributed by atoms with E-state index in [1.807, 2.05) is 0 Å². The number of halogens is 2. The fourth-order valence-corrected chi connectivity index (χ4v) is 2.96. The van der Waals surface area contributed by atoms with Gasteiger partial charge in [0.1, 0.15) is 0 Å². The smallest absolute Gasteiger partial charge is 0.237 e. The average Bonchev–Trinajstić information content (AvgIpc) is 2.60. The summed E-state index contributed by atoms with van der Waals surface area (Å²) >= 11 is 11.9. The van der Waals surface area contributed by atoms with Crippen molar-refractivity contribution in [1.29, 1.82) is 0 Å². The molecular formula is C18H15Cl2N2O5-. The van der Waals surface area contributed by atoms with Gasteiger partial charge in [-0.05, 0) is 41.8 Å². The fourth-order valence-electron chi connectivity index (χ4n) is 2.45. The molecule has 142 valence electrons. The fraction of sp³-hybridized carbons (Fsp3) is 0.222. The summed E-state index contributed by atoms with van der Waals surface area (Å²) in [6.45, 7) is 1.34. The molecule has 9 heteroatoms. The Balaban J connectivity index is 2.18. The molecular weight excluding hydrogens is 395 g/mol. The van der Waals surface area contributed by atoms with Gasteiger partial charge in [0.05, 0.1) is 11.7 Å². The van der Waals surface area contributed by atoms with Gasteiger partial charge < -0.3 is 15.2 Å². The number of nitrogens with zero attached hydrogens (tertiary/aromatic N) is 1. The maximum Gasteiger partial charge on any atom is 0.237 e. The number of rotatable bonds is 7. The van der Waals surface area contributed by atoms with Crippen molar-refractivity contribution >= 4 is 40.8 Å². The highest BCUT2D eigenvalue weighted by Crippen LogP contribution is 2.27. The number of carboxylic acid groups (broad SMARTS) is 1. The summed E-state index contributed by atoms with van der Waals surface area (Å²) in [6, 6.07) is 7.45. The van der Waals surface area contributed by atoms with E-state index in [-0.39, 0.29) is 23.2 Å². The molecule has 2 aromatic rings. The van der Waals surface area contributed by atoms with E-state index < -0.39 is 22.8 Å². The highest BCUT2D eigenvalue weighted by Gasteiger charge is 2.21. The first-order chi connectivity index (χ1) is 12.7. The Morgan fingerprint density at radius 3 is 2.48 bits per heavy atom. The van der Waals surface area contributed by atoms with Gasteiger partial charge in [0.15, 0.2) is 0 Å². The highest BCUT2D eigenvalue weighted by atomic mass is 35.5. The third-order valence-corrected chi connectivity index (χ3v) is 4.55. The average molecular weight is 410 g/mol. The summed E-state index contributed by atoms with van der Waals surface area (Å²) in [4.78, 5) is 33.9. The maximum absolute atomic E-state index is 12.3. The number of nitrogens with one attached hydrogen (secondary N) is 1. The van der Waals surface area contributed by atoms with E-state index in [0.717, 1.165) is 11.6 Å². The van der Waals surface area contributed by atoms with Gasteiger partial charge in [-0.2, -0.15) is 0 Å². The number of anilines is 1. The summed E-state index contributed by atoms with van der Waals surface area (Å²) in [5.41, 5.74) is 0.792. The second-order valence-electron chi connectivity index (χ2n) is 5.83. The summed E-state index contributed by atoms with van der Waals surface area (Å²) in [6.07, 6.45) is 0.366. The Bertz CT molecular complexity index is 901. The van der Waals surface area contributed by atoms with Crippen LogP contribution in [-0.4, -0.2) is 16.8 Å². The summed E-state index contributed by atoms with van der Waals surface area (Å²) in [5.74, 6) is -1.88. The Hall–Kier alpha value is -2.64. The second kappa shape index (κ2) is 8.83. The molecule has 2 aromatic carbocycles. The van der Waals surface area contributed by atoms with Crippen molar-refractivity contribution in [2.45, 2.75) is 25.8 Å². The third-order valence-electron chi connectivity index (χ3n) is 3.97. The van der Waals surface area contributed by atoms with Crippen LogP contribution in [0.15, 0.2) is 36.4 Å². The molecule has 0 aliphatic carbocycles. The number of carbonyl (C=O) groups is 2. The van der Waals surface area contributed by atoms with Crippen LogP contribution in [-0.2, 0) is 11.2 Å². The number of amides is 1. The van der Waals surface area contributed by atoms with E-state index in [1.54, 1.807) is 18.2 Å². The third kappa shape index (κ3) is 5.42. The minimum atomic E-state index is -1.45. The Kier molecular flexibility index (Phi) is 6.76. The summed E-state index contributed by atoms with van der Waals surface area (Å²) in [5, 5.41) is 25.6. The van der Waals surface area contributed by atoms with Gasteiger partial charge in [-0.1, -0.05) is 35.3 Å². The molecule has 0 aliphatic rings. The zero-order chi connectivity index (χ0) is 20.1. The van der Waals surface area contributed by atoms with Gasteiger partial charge in [0.25, 0.3) is 0 Å². The molecule has 0 saturated heterocycles. The van der Waals surface area contributed by atoms with E-state index in [4.69, 9.17) is 23.2 Å². The van der Waals surface area contributed by atoms with Crippen LogP contribution in [0.1, 0.15) is 40.9 Å². The zero-order valence-electron chi connectivity index (χ0n) is 14.2. The van der Waals surface area contributed by atoms with E-state index in [9.17, 15) is 24.8 Å². The van der Waals surface area contributed by atoms with E-state index in [0.29, 0.717) is 16.5 Å². The monoisotopic (exact) mass is 409 g/mol. The maximum atomic E-state index is 12.3. The molecule has 0 radical (unpaired) electrons. The van der Waals surface area contributed by atoms with Crippen molar-refractivity contribution < 1.29 is 19.6 Å². The van der Waals surface area contributed by atoms with Crippen molar-refractivity contribution in [3.05, 3.63) is 73.2 Å². The summed E-state index contributed by atoms with van der Waals surface area (Å²) in [7, 11) is 0. The number of aryl methyl sites for hydroxylation is 1. The molecule has 7 nitrogen and oxygen atoms in total. The van der Waals surface area contributed by atoms with Crippen LogP contribution in [0.25, 0.3) is 0 Å². The molecule has 0 fully saturated rings. The van der Waals surface area contributed by atoms with Crippen LogP contribution in [0.4, 0.5) is 5.69 Å². The molecule has 0 spiro atoms. The molecule has 2 rings (SSSR count). The van der Waals surface area contributed by atoms with Crippen LogP contribution in [0.2, 0.25) is 10.0 Å². The van der Waals surface area contributed by atoms with Crippen LogP contribution < -0.4 is 10.4 Å². The number of carbonyl (C=O) groups excluding carboxylic acids is 2. The Labute approximate surface area is 165 Å². The lowest BCUT2D eigenvalue weighted by Crippen LogP contribution is -2.23. The number of hydrogen-bond donors (Lipinski definition) is 1. The Morgan fingerprint density at radius 2 is 1.89 bits per heavy atom. The molecule has 0 aromatic heterocycles. The molecule has 0 aliphatic heterocycles. The van der Waals surface area contributed by atoms with Crippen LogP contribution >= 0.6 is 23.2 Å². The molecule has 0 bridgehead atoms. The number of hydrogen-bond acceptors (Lipinski definition) is 5. The molecule has 1 unspecified atom stereocenters.